The molecule has 0 aliphatic carbocycles. The Labute approximate surface area is 71.7 Å². The van der Waals surface area contributed by atoms with Crippen molar-refractivity contribution in [1.82, 2.24) is 4.98 Å². The van der Waals surface area contributed by atoms with E-state index in [0.717, 1.165) is 20.8 Å². The van der Waals surface area contributed by atoms with Gasteiger partial charge in [0, 0.05) is 5.39 Å². The van der Waals surface area contributed by atoms with E-state index in [-0.39, 0.29) is 0 Å². The average molecular weight is 175 g/mol. The van der Waals surface area contributed by atoms with Gasteiger partial charge in [0.25, 0.3) is 0 Å². The van der Waals surface area contributed by atoms with Crippen molar-refractivity contribution in [3.05, 3.63) is 30.3 Å². The maximum atomic E-state index is 11.1. The van der Waals surface area contributed by atoms with E-state index in [1.54, 1.807) is 0 Å². The molecule has 1 aromatic heterocycles. The lowest BCUT2D eigenvalue weighted by Gasteiger charge is -1.89. The molecule has 1 atom stereocenters. The molecule has 1 unspecified atom stereocenters. The quantitative estimate of drug-likeness (QED) is 0.487. The fourth-order valence-corrected chi connectivity index (χ4v) is 2.21. The number of rotatable bonds is 0. The zero-order chi connectivity index (χ0) is 8.13. The van der Waals surface area contributed by atoms with E-state index in [2.05, 4.69) is 4.98 Å². The van der Waals surface area contributed by atoms with Gasteiger partial charge in [-0.25, -0.2) is 9.19 Å². The van der Waals surface area contributed by atoms with Crippen LogP contribution in [0.15, 0.2) is 40.3 Å². The summed E-state index contributed by atoms with van der Waals surface area (Å²) in [5.74, 6) is 0. The van der Waals surface area contributed by atoms with Crippen molar-refractivity contribution in [3.63, 3.8) is 0 Å². The Morgan fingerprint density at radius 1 is 1.25 bits per heavy atom. The van der Waals surface area contributed by atoms with E-state index in [0.29, 0.717) is 0 Å². The van der Waals surface area contributed by atoms with Gasteiger partial charge in [-0.15, -0.1) is 0 Å². The predicted molar refractivity (Wildman–Crippen MR) is 46.4 cm³/mol. The smallest absolute Gasteiger partial charge is 0.149 e. The van der Waals surface area contributed by atoms with E-state index in [4.69, 9.17) is 0 Å². The molecule has 1 aliphatic heterocycles. The summed E-state index contributed by atoms with van der Waals surface area (Å²) in [7, 11) is -0.889. The largest absolute Gasteiger partial charge is 0.247 e. The van der Waals surface area contributed by atoms with Gasteiger partial charge in [0.15, 0.2) is 0 Å². The van der Waals surface area contributed by atoms with Crippen LogP contribution in [0.3, 0.4) is 0 Å². The zero-order valence-corrected chi connectivity index (χ0v) is 6.97. The molecule has 0 fully saturated rings. The summed E-state index contributed by atoms with van der Waals surface area (Å²) in [6.45, 7) is 0. The van der Waals surface area contributed by atoms with Crippen LogP contribution in [0, 0.1) is 0 Å². The number of hydrogen-bond donors (Lipinski definition) is 0. The summed E-state index contributed by atoms with van der Waals surface area (Å²) in [5, 5.41) is 1.83. The lowest BCUT2D eigenvalue weighted by atomic mass is 10.2. The lowest BCUT2D eigenvalue weighted by Crippen LogP contribution is -1.73. The lowest BCUT2D eigenvalue weighted by molar-refractivity contribution is 0.692. The first-order valence-corrected chi connectivity index (χ1v) is 4.83. The summed E-state index contributed by atoms with van der Waals surface area (Å²) in [6.07, 6.45) is 0. The number of fused-ring (bicyclic) bond motifs is 2. The van der Waals surface area contributed by atoms with Gasteiger partial charge in [0.2, 0.25) is 0 Å². The van der Waals surface area contributed by atoms with Crippen LogP contribution in [0.2, 0.25) is 0 Å². The Kier molecular flexibility index (Phi) is 1.01. The molecule has 2 aromatic rings. The normalized spacial score (nSPS) is 19.2. The molecule has 1 aromatic carbocycles. The first-order valence-electron chi connectivity index (χ1n) is 3.68. The molecule has 3 rings (SSSR count). The van der Waals surface area contributed by atoms with Crippen molar-refractivity contribution in [2.24, 2.45) is 0 Å². The molecule has 0 N–H and O–H groups in total. The van der Waals surface area contributed by atoms with Gasteiger partial charge < -0.3 is 0 Å². The minimum Gasteiger partial charge on any atom is -0.247 e. The van der Waals surface area contributed by atoms with Crippen LogP contribution in [0.4, 0.5) is 0 Å². The third-order valence-electron chi connectivity index (χ3n) is 1.99. The van der Waals surface area contributed by atoms with Gasteiger partial charge in [0.05, 0.1) is 10.4 Å². The zero-order valence-electron chi connectivity index (χ0n) is 6.15. The number of nitrogens with zero attached hydrogens (tertiary/aromatic N) is 1. The fourth-order valence-electron chi connectivity index (χ4n) is 1.31. The highest BCUT2D eigenvalue weighted by Gasteiger charge is 2.30. The minimum absolute atomic E-state index is 0.758. The number of para-hydroxylation sites is 1. The van der Waals surface area contributed by atoms with Crippen molar-refractivity contribution in [2.75, 3.05) is 0 Å². The number of hydrogen-bond acceptors (Lipinski definition) is 2. The average Bonchev–Trinajstić information content (AvgIpc) is 2.74. The van der Waals surface area contributed by atoms with Crippen molar-refractivity contribution < 1.29 is 4.21 Å². The number of benzene rings is 1. The van der Waals surface area contributed by atoms with Crippen molar-refractivity contribution in [1.29, 1.82) is 0 Å². The summed E-state index contributed by atoms with van der Waals surface area (Å²) in [5.41, 5.74) is 0.933. The van der Waals surface area contributed by atoms with E-state index in [1.165, 1.54) is 0 Å². The standard InChI is InChI=1S/C9H5NOS/c11-12-8-5-6-3-1-2-4-7(6)10-9(8)12/h1-5H. The molecule has 0 bridgehead atoms. The molecule has 0 saturated heterocycles. The van der Waals surface area contributed by atoms with Gasteiger partial charge >= 0.3 is 0 Å². The third-order valence-corrected chi connectivity index (χ3v) is 3.16. The molecule has 58 valence electrons. The van der Waals surface area contributed by atoms with Gasteiger partial charge in [-0.2, -0.15) is 0 Å². The summed E-state index contributed by atoms with van der Waals surface area (Å²) in [6, 6.07) is 9.77. The molecule has 2 nitrogen and oxygen atoms in total. The molecular weight excluding hydrogens is 170 g/mol. The summed E-state index contributed by atoms with van der Waals surface area (Å²) < 4.78 is 11.1. The monoisotopic (exact) mass is 175 g/mol. The molecule has 0 radical (unpaired) electrons. The highest BCUT2D eigenvalue weighted by Crippen LogP contribution is 2.35. The number of pyridine rings is 1. The van der Waals surface area contributed by atoms with Crippen LogP contribution in [-0.2, 0) is 10.8 Å². The Morgan fingerprint density at radius 2 is 2.08 bits per heavy atom. The fraction of sp³-hybridized carbons (Fsp3) is 0. The van der Waals surface area contributed by atoms with Crippen LogP contribution < -0.4 is 0 Å². The van der Waals surface area contributed by atoms with Gasteiger partial charge in [-0.1, -0.05) is 18.2 Å². The van der Waals surface area contributed by atoms with Crippen LogP contribution in [0.25, 0.3) is 10.9 Å². The van der Waals surface area contributed by atoms with Gasteiger partial charge in [-0.05, 0) is 12.1 Å². The van der Waals surface area contributed by atoms with E-state index in [9.17, 15) is 4.21 Å². The Morgan fingerprint density at radius 3 is 3.00 bits per heavy atom. The predicted octanol–water partition coefficient (Wildman–Crippen LogP) is 1.71. The molecule has 3 heteroatoms. The van der Waals surface area contributed by atoms with Crippen LogP contribution >= 0.6 is 0 Å². The van der Waals surface area contributed by atoms with E-state index >= 15 is 0 Å². The third kappa shape index (κ3) is 0.689. The molecule has 0 amide bonds. The van der Waals surface area contributed by atoms with Crippen LogP contribution in [0.5, 0.6) is 0 Å². The Hall–Kier alpha value is -1.22. The highest BCUT2D eigenvalue weighted by atomic mass is 32.2. The molecular formula is C9H5NOS. The van der Waals surface area contributed by atoms with Gasteiger partial charge in [-0.3, -0.25) is 0 Å². The maximum absolute atomic E-state index is 11.1. The molecule has 0 spiro atoms. The maximum Gasteiger partial charge on any atom is 0.149 e. The van der Waals surface area contributed by atoms with E-state index in [1.807, 2.05) is 30.3 Å². The van der Waals surface area contributed by atoms with E-state index < -0.39 is 10.8 Å². The first kappa shape index (κ1) is 6.31. The Bertz CT molecular complexity index is 462. The van der Waals surface area contributed by atoms with Crippen LogP contribution in [-0.4, -0.2) is 9.19 Å². The first-order chi connectivity index (χ1) is 5.86. The summed E-state index contributed by atoms with van der Waals surface area (Å²) >= 11 is 0. The summed E-state index contributed by atoms with van der Waals surface area (Å²) in [4.78, 5) is 5.15. The second-order valence-corrected chi connectivity index (χ2v) is 4.12. The van der Waals surface area contributed by atoms with Crippen molar-refractivity contribution in [2.45, 2.75) is 9.92 Å². The second kappa shape index (κ2) is 1.93. The molecule has 1 aliphatic rings. The Balaban J connectivity index is 2.48. The van der Waals surface area contributed by atoms with Crippen LogP contribution in [0.1, 0.15) is 0 Å². The topological polar surface area (TPSA) is 30.0 Å². The second-order valence-electron chi connectivity index (χ2n) is 2.75. The molecule has 0 saturated carbocycles. The molecule has 2 heterocycles. The van der Waals surface area contributed by atoms with Crippen molar-refractivity contribution >= 4 is 21.7 Å². The van der Waals surface area contributed by atoms with Gasteiger partial charge in [0.1, 0.15) is 15.8 Å². The van der Waals surface area contributed by atoms with Crippen molar-refractivity contribution in [3.8, 4) is 0 Å². The minimum atomic E-state index is -0.889. The highest BCUT2D eigenvalue weighted by molar-refractivity contribution is 7.90. The SMILES string of the molecule is O=S1c2cc3ccccc3nc21. The number of aromatic nitrogens is 1. The molecule has 12 heavy (non-hydrogen) atoms.